The van der Waals surface area contributed by atoms with Crippen molar-refractivity contribution in [3.8, 4) is 0 Å². The van der Waals surface area contributed by atoms with Gasteiger partial charge in [-0.2, -0.15) is 0 Å². The van der Waals surface area contributed by atoms with E-state index >= 15 is 0 Å². The summed E-state index contributed by atoms with van der Waals surface area (Å²) < 4.78 is 5.91. The van der Waals surface area contributed by atoms with E-state index in [1.165, 1.54) is 38.5 Å². The number of unbranched alkanes of at least 4 members (excludes halogenated alkanes) is 13. The fourth-order valence-corrected chi connectivity index (χ4v) is 4.93. The minimum atomic E-state index is -1.38. The first-order valence-electron chi connectivity index (χ1n) is 17.7. The Kier molecular flexibility index (Phi) is 29.4. The molecule has 2 amide bonds. The summed E-state index contributed by atoms with van der Waals surface area (Å²) in [6.07, 6.45) is 30.7. The van der Waals surface area contributed by atoms with E-state index in [1.807, 2.05) is 0 Å². The Morgan fingerprint density at radius 3 is 1.87 bits per heavy atom. The van der Waals surface area contributed by atoms with E-state index in [0.717, 1.165) is 83.5 Å². The molecular weight excluding hydrogens is 572 g/mol. The number of aliphatic hydroxyl groups is 1. The van der Waals surface area contributed by atoms with E-state index in [-0.39, 0.29) is 30.9 Å². The van der Waals surface area contributed by atoms with Gasteiger partial charge in [-0.1, -0.05) is 102 Å². The Morgan fingerprint density at radius 2 is 1.24 bits per heavy atom. The van der Waals surface area contributed by atoms with Gasteiger partial charge in [-0.15, -0.1) is 0 Å². The number of aliphatic carboxylic acids is 1. The number of carbonyl (C=O) groups excluding carboxylic acids is 3. The number of esters is 1. The van der Waals surface area contributed by atoms with E-state index in [0.29, 0.717) is 12.8 Å². The molecule has 0 aliphatic rings. The van der Waals surface area contributed by atoms with Crippen molar-refractivity contribution in [3.63, 3.8) is 0 Å². The van der Waals surface area contributed by atoms with Crippen LogP contribution in [0.25, 0.3) is 0 Å². The third-order valence-electron chi connectivity index (χ3n) is 7.68. The highest BCUT2D eigenvalue weighted by atomic mass is 16.5. The lowest BCUT2D eigenvalue weighted by molar-refractivity contribution is -0.150. The van der Waals surface area contributed by atoms with Gasteiger partial charge in [-0.05, 0) is 64.2 Å². The van der Waals surface area contributed by atoms with E-state index in [1.54, 1.807) is 0 Å². The van der Waals surface area contributed by atoms with Crippen LogP contribution < -0.4 is 10.6 Å². The quantitative estimate of drug-likeness (QED) is 0.0355. The summed E-state index contributed by atoms with van der Waals surface area (Å²) in [6, 6.07) is -1.38. The largest absolute Gasteiger partial charge is 0.480 e. The first-order valence-corrected chi connectivity index (χ1v) is 17.7. The standard InChI is InChI=1S/C36H64N2O7/c1-3-5-7-9-10-11-12-13-14-15-16-18-24-28-35(42)45-31(25-21-17-8-6-4-2)26-22-19-20-23-27-33(40)37-29-34(41)38-32(30-39)36(43)44/h7,9,11-12,31-32,39H,3-6,8,10,13-30H2,1-2H3,(H,37,40)(H,38,41)(H,43,44)/b9-7-,12-11-. The summed E-state index contributed by atoms with van der Waals surface area (Å²) in [5.41, 5.74) is 0. The predicted octanol–water partition coefficient (Wildman–Crippen LogP) is 7.31. The van der Waals surface area contributed by atoms with Crippen molar-refractivity contribution in [2.45, 2.75) is 167 Å². The van der Waals surface area contributed by atoms with Crippen molar-refractivity contribution in [1.82, 2.24) is 10.6 Å². The fraction of sp³-hybridized carbons (Fsp3) is 0.778. The SMILES string of the molecule is CCC/C=C\C/C=C\CCCCCCCC(=O)OC(CCCCCCC)CCCCCCC(=O)NCC(=O)NC(CO)C(=O)O. The molecule has 0 heterocycles. The van der Waals surface area contributed by atoms with Gasteiger partial charge in [0.05, 0.1) is 13.2 Å². The summed E-state index contributed by atoms with van der Waals surface area (Å²) in [5, 5.41) is 22.4. The summed E-state index contributed by atoms with van der Waals surface area (Å²) in [5.74, 6) is -2.35. The molecule has 2 atom stereocenters. The highest BCUT2D eigenvalue weighted by molar-refractivity contribution is 5.87. The van der Waals surface area contributed by atoms with Crippen LogP contribution in [0.5, 0.6) is 0 Å². The predicted molar refractivity (Wildman–Crippen MR) is 181 cm³/mol. The number of hydrogen-bond donors (Lipinski definition) is 4. The van der Waals surface area contributed by atoms with Gasteiger partial charge in [-0.3, -0.25) is 14.4 Å². The monoisotopic (exact) mass is 636 g/mol. The molecule has 0 aromatic rings. The van der Waals surface area contributed by atoms with E-state index in [4.69, 9.17) is 14.9 Å². The normalized spacial score (nSPS) is 12.8. The molecule has 0 aromatic heterocycles. The third-order valence-corrected chi connectivity index (χ3v) is 7.68. The number of hydrogen-bond acceptors (Lipinski definition) is 6. The molecule has 0 radical (unpaired) electrons. The van der Waals surface area contributed by atoms with Gasteiger partial charge in [0.1, 0.15) is 12.1 Å². The highest BCUT2D eigenvalue weighted by Gasteiger charge is 2.19. The zero-order valence-electron chi connectivity index (χ0n) is 28.4. The van der Waals surface area contributed by atoms with Crippen molar-refractivity contribution in [2.24, 2.45) is 0 Å². The summed E-state index contributed by atoms with van der Waals surface area (Å²) >= 11 is 0. The first-order chi connectivity index (χ1) is 21.8. The number of carbonyl (C=O) groups is 4. The average Bonchev–Trinajstić information content (AvgIpc) is 3.02. The van der Waals surface area contributed by atoms with Crippen LogP contribution in [0.2, 0.25) is 0 Å². The topological polar surface area (TPSA) is 142 Å². The Balaban J connectivity index is 4.16. The number of rotatable bonds is 31. The molecule has 45 heavy (non-hydrogen) atoms. The van der Waals surface area contributed by atoms with E-state index < -0.39 is 24.5 Å². The molecule has 0 fully saturated rings. The van der Waals surface area contributed by atoms with Crippen molar-refractivity contribution >= 4 is 23.8 Å². The van der Waals surface area contributed by atoms with Crippen LogP contribution in [-0.2, 0) is 23.9 Å². The zero-order chi connectivity index (χ0) is 33.4. The zero-order valence-corrected chi connectivity index (χ0v) is 28.4. The summed E-state index contributed by atoms with van der Waals surface area (Å²) in [6.45, 7) is 3.34. The summed E-state index contributed by atoms with van der Waals surface area (Å²) in [4.78, 5) is 47.2. The van der Waals surface area contributed by atoms with Crippen LogP contribution in [0.1, 0.15) is 155 Å². The van der Waals surface area contributed by atoms with Gasteiger partial charge in [-0.25, -0.2) is 4.79 Å². The smallest absolute Gasteiger partial charge is 0.328 e. The highest BCUT2D eigenvalue weighted by Crippen LogP contribution is 2.18. The van der Waals surface area contributed by atoms with Gasteiger partial charge in [0, 0.05) is 12.8 Å². The van der Waals surface area contributed by atoms with Crippen LogP contribution in [-0.4, -0.2) is 59.3 Å². The van der Waals surface area contributed by atoms with Gasteiger partial charge in [0.2, 0.25) is 11.8 Å². The van der Waals surface area contributed by atoms with Crippen LogP contribution in [0.15, 0.2) is 24.3 Å². The van der Waals surface area contributed by atoms with Crippen molar-refractivity contribution < 1.29 is 34.1 Å². The van der Waals surface area contributed by atoms with Gasteiger partial charge in [0.15, 0.2) is 0 Å². The number of aliphatic hydroxyl groups excluding tert-OH is 1. The lowest BCUT2D eigenvalue weighted by Gasteiger charge is -2.18. The third kappa shape index (κ3) is 28.5. The van der Waals surface area contributed by atoms with Gasteiger partial charge >= 0.3 is 11.9 Å². The Bertz CT molecular complexity index is 828. The molecule has 0 rings (SSSR count). The lowest BCUT2D eigenvalue weighted by atomic mass is 10.0. The maximum atomic E-state index is 12.6. The number of allylic oxidation sites excluding steroid dienone is 4. The van der Waals surface area contributed by atoms with Crippen molar-refractivity contribution in [1.29, 1.82) is 0 Å². The molecule has 0 aromatic carbocycles. The molecule has 4 N–H and O–H groups in total. The molecule has 260 valence electrons. The second-order valence-electron chi connectivity index (χ2n) is 12.0. The van der Waals surface area contributed by atoms with Crippen LogP contribution in [0.4, 0.5) is 0 Å². The maximum absolute atomic E-state index is 12.6. The molecule has 0 aliphatic heterocycles. The first kappa shape index (κ1) is 42.3. The second-order valence-corrected chi connectivity index (χ2v) is 12.0. The maximum Gasteiger partial charge on any atom is 0.328 e. The van der Waals surface area contributed by atoms with E-state index in [9.17, 15) is 19.2 Å². The lowest BCUT2D eigenvalue weighted by Crippen LogP contribution is -2.47. The number of carboxylic acid groups (broad SMARTS) is 1. The van der Waals surface area contributed by atoms with Crippen LogP contribution >= 0.6 is 0 Å². The Labute approximate surface area is 273 Å². The number of ether oxygens (including phenoxy) is 1. The Hall–Kier alpha value is -2.68. The number of nitrogens with one attached hydrogen (secondary N) is 2. The number of carboxylic acids is 1. The van der Waals surface area contributed by atoms with Crippen molar-refractivity contribution in [2.75, 3.05) is 13.2 Å². The van der Waals surface area contributed by atoms with Crippen LogP contribution in [0, 0.1) is 0 Å². The minimum absolute atomic E-state index is 0.0434. The van der Waals surface area contributed by atoms with E-state index in [2.05, 4.69) is 48.8 Å². The molecule has 0 saturated heterocycles. The molecular formula is C36H64N2O7. The van der Waals surface area contributed by atoms with Gasteiger partial charge in [0.25, 0.3) is 0 Å². The molecule has 0 spiro atoms. The molecule has 0 aliphatic carbocycles. The van der Waals surface area contributed by atoms with Crippen LogP contribution in [0.3, 0.4) is 0 Å². The molecule has 0 bridgehead atoms. The molecule has 0 saturated carbocycles. The minimum Gasteiger partial charge on any atom is -0.480 e. The second kappa shape index (κ2) is 31.3. The number of amides is 2. The summed E-state index contributed by atoms with van der Waals surface area (Å²) in [7, 11) is 0. The van der Waals surface area contributed by atoms with Gasteiger partial charge < -0.3 is 25.6 Å². The average molecular weight is 637 g/mol. The van der Waals surface area contributed by atoms with Crippen molar-refractivity contribution in [3.05, 3.63) is 24.3 Å². The molecule has 9 nitrogen and oxygen atoms in total. The molecule has 9 heteroatoms. The Morgan fingerprint density at radius 1 is 0.667 bits per heavy atom. The fourth-order valence-electron chi connectivity index (χ4n) is 4.93. The molecule has 2 unspecified atom stereocenters.